The molecule has 1 aliphatic rings. The predicted molar refractivity (Wildman–Crippen MR) is 76.1 cm³/mol. The van der Waals surface area contributed by atoms with Crippen molar-refractivity contribution < 1.29 is 0 Å². The minimum absolute atomic E-state index is 0.722. The molecular formula is C14H16BrNS. The number of nitrogens with zero attached hydrogens (tertiary/aromatic N) is 1. The van der Waals surface area contributed by atoms with Crippen LogP contribution < -0.4 is 0 Å². The first kappa shape index (κ1) is 13.0. The largest absolute Gasteiger partial charge is 0.192 e. The van der Waals surface area contributed by atoms with E-state index in [1.807, 2.05) is 23.9 Å². The molecule has 0 N–H and O–H groups in total. The lowest BCUT2D eigenvalue weighted by molar-refractivity contribution is 0.394. The Morgan fingerprint density at radius 1 is 1.35 bits per heavy atom. The highest BCUT2D eigenvalue weighted by molar-refractivity contribution is 9.10. The van der Waals surface area contributed by atoms with Crippen LogP contribution in [0.15, 0.2) is 27.6 Å². The summed E-state index contributed by atoms with van der Waals surface area (Å²) in [4.78, 5) is 1.22. The summed E-state index contributed by atoms with van der Waals surface area (Å²) in [7, 11) is 0. The fourth-order valence-corrected chi connectivity index (χ4v) is 4.50. The Morgan fingerprint density at radius 3 is 2.88 bits per heavy atom. The van der Waals surface area contributed by atoms with Crippen LogP contribution in [0.1, 0.15) is 38.2 Å². The quantitative estimate of drug-likeness (QED) is 0.768. The molecule has 0 saturated heterocycles. The first-order valence-electron chi connectivity index (χ1n) is 6.04. The second-order valence-electron chi connectivity index (χ2n) is 4.80. The molecule has 2 rings (SSSR count). The number of rotatable bonds is 2. The summed E-state index contributed by atoms with van der Waals surface area (Å²) in [5.74, 6) is 0.851. The van der Waals surface area contributed by atoms with Crippen LogP contribution in [0, 0.1) is 17.2 Å². The van der Waals surface area contributed by atoms with Crippen LogP contribution >= 0.6 is 27.7 Å². The molecule has 2 unspecified atom stereocenters. The minimum Gasteiger partial charge on any atom is -0.192 e. The topological polar surface area (TPSA) is 23.8 Å². The van der Waals surface area contributed by atoms with Gasteiger partial charge in [0.1, 0.15) is 0 Å². The molecule has 3 heteroatoms. The standard InChI is InChI=1S/C14H16BrNS/c1-10-3-2-4-13(5-10)17-14-7-11(9-16)6-12(15)8-14/h6-8,10,13H,2-5H2,1H3. The van der Waals surface area contributed by atoms with E-state index in [1.165, 1.54) is 30.6 Å². The average molecular weight is 310 g/mol. The Labute approximate surface area is 116 Å². The minimum atomic E-state index is 0.722. The summed E-state index contributed by atoms with van der Waals surface area (Å²) in [5.41, 5.74) is 0.741. The molecule has 0 radical (unpaired) electrons. The molecule has 2 atom stereocenters. The molecule has 0 amide bonds. The number of hydrogen-bond acceptors (Lipinski definition) is 2. The summed E-state index contributed by atoms with van der Waals surface area (Å²) in [6, 6.07) is 8.19. The van der Waals surface area contributed by atoms with Gasteiger partial charge in [-0.05, 0) is 37.0 Å². The lowest BCUT2D eigenvalue weighted by Crippen LogP contribution is -2.14. The van der Waals surface area contributed by atoms with Gasteiger partial charge in [-0.25, -0.2) is 0 Å². The molecule has 0 aliphatic heterocycles. The number of nitriles is 1. The molecule has 0 aromatic heterocycles. The van der Waals surface area contributed by atoms with Crippen LogP contribution in [-0.4, -0.2) is 5.25 Å². The van der Waals surface area contributed by atoms with E-state index in [-0.39, 0.29) is 0 Å². The zero-order chi connectivity index (χ0) is 12.3. The van der Waals surface area contributed by atoms with Crippen LogP contribution in [-0.2, 0) is 0 Å². The van der Waals surface area contributed by atoms with Crippen LogP contribution in [0.2, 0.25) is 0 Å². The van der Waals surface area contributed by atoms with E-state index < -0.39 is 0 Å². The van der Waals surface area contributed by atoms with Crippen LogP contribution in [0.3, 0.4) is 0 Å². The Balaban J connectivity index is 2.07. The van der Waals surface area contributed by atoms with Gasteiger partial charge in [0.15, 0.2) is 0 Å². The maximum Gasteiger partial charge on any atom is 0.0992 e. The summed E-state index contributed by atoms with van der Waals surface area (Å²) in [6.07, 6.45) is 5.33. The molecular weight excluding hydrogens is 294 g/mol. The van der Waals surface area contributed by atoms with E-state index in [0.29, 0.717) is 0 Å². The fourth-order valence-electron chi connectivity index (χ4n) is 2.37. The van der Waals surface area contributed by atoms with Gasteiger partial charge in [-0.2, -0.15) is 5.26 Å². The van der Waals surface area contributed by atoms with Crippen LogP contribution in [0.4, 0.5) is 0 Å². The number of benzene rings is 1. The van der Waals surface area contributed by atoms with E-state index >= 15 is 0 Å². The van der Waals surface area contributed by atoms with Crippen molar-refractivity contribution in [3.63, 3.8) is 0 Å². The molecule has 0 heterocycles. The van der Waals surface area contributed by atoms with Crippen molar-refractivity contribution in [2.24, 2.45) is 5.92 Å². The second-order valence-corrected chi connectivity index (χ2v) is 7.09. The number of halogens is 1. The lowest BCUT2D eigenvalue weighted by atomic mass is 9.91. The van der Waals surface area contributed by atoms with Crippen molar-refractivity contribution in [1.29, 1.82) is 5.26 Å². The van der Waals surface area contributed by atoms with Gasteiger partial charge < -0.3 is 0 Å². The Morgan fingerprint density at radius 2 is 2.18 bits per heavy atom. The van der Waals surface area contributed by atoms with Gasteiger partial charge >= 0.3 is 0 Å². The first-order chi connectivity index (χ1) is 8.17. The summed E-state index contributed by atoms with van der Waals surface area (Å²) in [6.45, 7) is 2.34. The highest BCUT2D eigenvalue weighted by Gasteiger charge is 2.19. The maximum atomic E-state index is 8.95. The van der Waals surface area contributed by atoms with E-state index in [2.05, 4.69) is 35.0 Å². The molecule has 1 fully saturated rings. The third-order valence-corrected chi connectivity index (χ3v) is 4.92. The molecule has 1 aromatic carbocycles. The molecule has 1 aliphatic carbocycles. The Kier molecular flexibility index (Phi) is 4.53. The van der Waals surface area contributed by atoms with Gasteiger partial charge in [0, 0.05) is 14.6 Å². The molecule has 1 nitrogen and oxygen atoms in total. The van der Waals surface area contributed by atoms with Gasteiger partial charge in [0.05, 0.1) is 11.6 Å². The Hall–Kier alpha value is -0.460. The van der Waals surface area contributed by atoms with Crippen molar-refractivity contribution in [2.75, 3.05) is 0 Å². The van der Waals surface area contributed by atoms with Crippen molar-refractivity contribution >= 4 is 27.7 Å². The lowest BCUT2D eigenvalue weighted by Gasteiger charge is -2.26. The predicted octanol–water partition coefficient (Wildman–Crippen LogP) is 4.99. The van der Waals surface area contributed by atoms with E-state index in [0.717, 1.165) is 21.2 Å². The van der Waals surface area contributed by atoms with Gasteiger partial charge in [-0.15, -0.1) is 11.8 Å². The van der Waals surface area contributed by atoms with Crippen LogP contribution in [0.5, 0.6) is 0 Å². The van der Waals surface area contributed by atoms with Gasteiger partial charge in [0.25, 0.3) is 0 Å². The molecule has 1 saturated carbocycles. The molecule has 0 bridgehead atoms. The highest BCUT2D eigenvalue weighted by atomic mass is 79.9. The first-order valence-corrected chi connectivity index (χ1v) is 7.72. The fraction of sp³-hybridized carbons (Fsp3) is 0.500. The zero-order valence-corrected chi connectivity index (χ0v) is 12.4. The molecule has 90 valence electrons. The molecule has 17 heavy (non-hydrogen) atoms. The molecule has 1 aromatic rings. The van der Waals surface area contributed by atoms with Gasteiger partial charge in [-0.3, -0.25) is 0 Å². The average Bonchev–Trinajstić information content (AvgIpc) is 2.28. The number of thioether (sulfide) groups is 1. The monoisotopic (exact) mass is 309 g/mol. The molecule has 0 spiro atoms. The highest BCUT2D eigenvalue weighted by Crippen LogP contribution is 2.37. The normalized spacial score (nSPS) is 24.3. The smallest absolute Gasteiger partial charge is 0.0992 e. The van der Waals surface area contributed by atoms with E-state index in [1.54, 1.807) is 0 Å². The van der Waals surface area contributed by atoms with Gasteiger partial charge in [-0.1, -0.05) is 35.7 Å². The summed E-state index contributed by atoms with van der Waals surface area (Å²) < 4.78 is 1.00. The van der Waals surface area contributed by atoms with Crippen molar-refractivity contribution in [3.05, 3.63) is 28.2 Å². The second kappa shape index (κ2) is 5.93. The van der Waals surface area contributed by atoms with E-state index in [9.17, 15) is 0 Å². The Bertz CT molecular complexity index is 438. The number of hydrogen-bond donors (Lipinski definition) is 0. The SMILES string of the molecule is CC1CCCC(Sc2cc(Br)cc(C#N)c2)C1. The summed E-state index contributed by atoms with van der Waals surface area (Å²) in [5, 5.41) is 9.68. The third-order valence-electron chi connectivity index (χ3n) is 3.19. The van der Waals surface area contributed by atoms with Crippen LogP contribution in [0.25, 0.3) is 0 Å². The van der Waals surface area contributed by atoms with Crippen molar-refractivity contribution in [3.8, 4) is 6.07 Å². The zero-order valence-electron chi connectivity index (χ0n) is 9.95. The summed E-state index contributed by atoms with van der Waals surface area (Å²) >= 11 is 5.40. The van der Waals surface area contributed by atoms with Crippen molar-refractivity contribution in [1.82, 2.24) is 0 Å². The maximum absolute atomic E-state index is 8.95. The van der Waals surface area contributed by atoms with E-state index in [4.69, 9.17) is 5.26 Å². The van der Waals surface area contributed by atoms with Crippen molar-refractivity contribution in [2.45, 2.75) is 42.8 Å². The van der Waals surface area contributed by atoms with Gasteiger partial charge in [0.2, 0.25) is 0 Å². The third kappa shape index (κ3) is 3.76.